The SMILES string of the molecule is Cc1nc(N(C)C2CN(c3ccc(C4CC4)nn3)C2)sc1C. The summed E-state index contributed by atoms with van der Waals surface area (Å²) in [7, 11) is 2.14. The molecule has 2 aliphatic rings. The highest BCUT2D eigenvalue weighted by molar-refractivity contribution is 7.15. The van der Waals surface area contributed by atoms with Gasteiger partial charge in [0.1, 0.15) is 0 Å². The predicted octanol–water partition coefficient (Wildman–Crippen LogP) is 2.75. The van der Waals surface area contributed by atoms with Crippen molar-refractivity contribution in [3.05, 3.63) is 28.4 Å². The summed E-state index contributed by atoms with van der Waals surface area (Å²) < 4.78 is 0. The Kier molecular flexibility index (Phi) is 3.29. The van der Waals surface area contributed by atoms with Crippen molar-refractivity contribution >= 4 is 22.3 Å². The molecule has 6 heteroatoms. The number of rotatable bonds is 4. The molecule has 0 atom stereocenters. The quantitative estimate of drug-likeness (QED) is 0.868. The molecule has 0 aromatic carbocycles. The van der Waals surface area contributed by atoms with Crippen LogP contribution in [0.25, 0.3) is 0 Å². The van der Waals surface area contributed by atoms with Crippen LogP contribution in [0.5, 0.6) is 0 Å². The first-order valence-electron chi connectivity index (χ1n) is 7.87. The van der Waals surface area contributed by atoms with Crippen LogP contribution in [0.3, 0.4) is 0 Å². The molecule has 1 aliphatic carbocycles. The van der Waals surface area contributed by atoms with E-state index in [0.29, 0.717) is 12.0 Å². The first kappa shape index (κ1) is 13.9. The maximum absolute atomic E-state index is 4.65. The van der Waals surface area contributed by atoms with Crippen LogP contribution in [0.4, 0.5) is 10.9 Å². The Labute approximate surface area is 135 Å². The Bertz CT molecular complexity index is 651. The van der Waals surface area contributed by atoms with Gasteiger partial charge in [0.25, 0.3) is 0 Å². The van der Waals surface area contributed by atoms with Crippen LogP contribution < -0.4 is 9.80 Å². The van der Waals surface area contributed by atoms with Gasteiger partial charge in [-0.15, -0.1) is 16.4 Å². The molecule has 1 saturated carbocycles. The normalized spacial score (nSPS) is 18.4. The van der Waals surface area contributed by atoms with Crippen molar-refractivity contribution in [2.75, 3.05) is 29.9 Å². The molecule has 5 nitrogen and oxygen atoms in total. The molecule has 0 N–H and O–H groups in total. The van der Waals surface area contributed by atoms with Crippen molar-refractivity contribution in [1.82, 2.24) is 15.2 Å². The first-order valence-corrected chi connectivity index (χ1v) is 8.69. The highest BCUT2D eigenvalue weighted by Crippen LogP contribution is 2.39. The van der Waals surface area contributed by atoms with E-state index < -0.39 is 0 Å². The smallest absolute Gasteiger partial charge is 0.185 e. The third-order valence-corrected chi connectivity index (χ3v) is 5.88. The fraction of sp³-hybridized carbons (Fsp3) is 0.562. The Morgan fingerprint density at radius 3 is 2.50 bits per heavy atom. The van der Waals surface area contributed by atoms with Crippen LogP contribution in [-0.2, 0) is 0 Å². The van der Waals surface area contributed by atoms with Crippen LogP contribution >= 0.6 is 11.3 Å². The van der Waals surface area contributed by atoms with E-state index in [4.69, 9.17) is 0 Å². The number of aromatic nitrogens is 3. The average molecular weight is 315 g/mol. The zero-order valence-corrected chi connectivity index (χ0v) is 14.1. The fourth-order valence-corrected chi connectivity index (χ4v) is 3.69. The van der Waals surface area contributed by atoms with Crippen molar-refractivity contribution in [1.29, 1.82) is 0 Å². The van der Waals surface area contributed by atoms with Gasteiger partial charge in [0, 0.05) is 30.9 Å². The van der Waals surface area contributed by atoms with Gasteiger partial charge in [-0.2, -0.15) is 5.10 Å². The molecule has 0 unspecified atom stereocenters. The van der Waals surface area contributed by atoms with E-state index >= 15 is 0 Å². The molecule has 1 aliphatic heterocycles. The molecule has 22 heavy (non-hydrogen) atoms. The van der Waals surface area contributed by atoms with Crippen LogP contribution in [0.15, 0.2) is 12.1 Å². The Hall–Kier alpha value is -1.69. The third kappa shape index (κ3) is 2.45. The molecule has 2 aromatic rings. The molecule has 2 fully saturated rings. The second-order valence-electron chi connectivity index (χ2n) is 6.40. The van der Waals surface area contributed by atoms with Gasteiger partial charge in [0.15, 0.2) is 10.9 Å². The Morgan fingerprint density at radius 1 is 1.18 bits per heavy atom. The van der Waals surface area contributed by atoms with E-state index in [2.05, 4.69) is 58.0 Å². The molecule has 0 bridgehead atoms. The summed E-state index contributed by atoms with van der Waals surface area (Å²) in [6.45, 7) is 6.19. The van der Waals surface area contributed by atoms with Gasteiger partial charge >= 0.3 is 0 Å². The van der Waals surface area contributed by atoms with E-state index in [1.54, 1.807) is 11.3 Å². The van der Waals surface area contributed by atoms with Crippen molar-refractivity contribution < 1.29 is 0 Å². The number of hydrogen-bond acceptors (Lipinski definition) is 6. The summed E-state index contributed by atoms with van der Waals surface area (Å²) in [5.74, 6) is 1.67. The molecule has 4 rings (SSSR count). The maximum Gasteiger partial charge on any atom is 0.185 e. The molecule has 116 valence electrons. The van der Waals surface area contributed by atoms with Gasteiger partial charge in [-0.1, -0.05) is 0 Å². The minimum atomic E-state index is 0.509. The summed E-state index contributed by atoms with van der Waals surface area (Å²) in [4.78, 5) is 10.5. The van der Waals surface area contributed by atoms with Crippen LogP contribution in [-0.4, -0.2) is 41.4 Å². The van der Waals surface area contributed by atoms with Gasteiger partial charge in [0.2, 0.25) is 0 Å². The second-order valence-corrected chi connectivity index (χ2v) is 7.58. The topological polar surface area (TPSA) is 45.2 Å². The van der Waals surface area contributed by atoms with Crippen molar-refractivity contribution in [2.24, 2.45) is 0 Å². The molecular weight excluding hydrogens is 294 g/mol. The maximum atomic E-state index is 4.65. The molecule has 1 saturated heterocycles. The lowest BCUT2D eigenvalue weighted by Crippen LogP contribution is -2.59. The van der Waals surface area contributed by atoms with E-state index in [1.165, 1.54) is 17.7 Å². The lowest BCUT2D eigenvalue weighted by atomic mass is 10.1. The third-order valence-electron chi connectivity index (χ3n) is 4.72. The van der Waals surface area contributed by atoms with Crippen molar-refractivity contribution in [2.45, 2.75) is 38.6 Å². The van der Waals surface area contributed by atoms with Gasteiger partial charge in [-0.3, -0.25) is 0 Å². The van der Waals surface area contributed by atoms with Gasteiger partial charge < -0.3 is 9.80 Å². The minimum Gasteiger partial charge on any atom is -0.351 e. The van der Waals surface area contributed by atoms with Crippen LogP contribution in [0, 0.1) is 13.8 Å². The lowest BCUT2D eigenvalue weighted by Gasteiger charge is -2.44. The van der Waals surface area contributed by atoms with E-state index in [0.717, 1.165) is 35.4 Å². The summed E-state index contributed by atoms with van der Waals surface area (Å²) in [5, 5.41) is 9.88. The number of thiazole rings is 1. The van der Waals surface area contributed by atoms with E-state index in [9.17, 15) is 0 Å². The highest BCUT2D eigenvalue weighted by Gasteiger charge is 2.33. The highest BCUT2D eigenvalue weighted by atomic mass is 32.1. The second kappa shape index (κ2) is 5.19. The molecule has 0 amide bonds. The van der Waals surface area contributed by atoms with Gasteiger partial charge in [-0.25, -0.2) is 4.98 Å². The monoisotopic (exact) mass is 315 g/mol. The van der Waals surface area contributed by atoms with Crippen LogP contribution in [0.1, 0.15) is 35.0 Å². The van der Waals surface area contributed by atoms with Gasteiger partial charge in [0.05, 0.1) is 17.4 Å². The summed E-state index contributed by atoms with van der Waals surface area (Å²) in [6, 6.07) is 4.77. The molecular formula is C16H21N5S. The summed E-state index contributed by atoms with van der Waals surface area (Å²) in [5.41, 5.74) is 2.30. The van der Waals surface area contributed by atoms with Crippen molar-refractivity contribution in [3.8, 4) is 0 Å². The minimum absolute atomic E-state index is 0.509. The summed E-state index contributed by atoms with van der Waals surface area (Å²) >= 11 is 1.78. The Balaban J connectivity index is 1.38. The number of likely N-dealkylation sites (N-methyl/N-ethyl adjacent to an activating group) is 1. The predicted molar refractivity (Wildman–Crippen MR) is 90.0 cm³/mol. The zero-order chi connectivity index (χ0) is 15.3. The lowest BCUT2D eigenvalue weighted by molar-refractivity contribution is 0.489. The number of hydrogen-bond donors (Lipinski definition) is 0. The number of aryl methyl sites for hydroxylation is 2. The molecule has 2 aromatic heterocycles. The van der Waals surface area contributed by atoms with Crippen LogP contribution in [0.2, 0.25) is 0 Å². The van der Waals surface area contributed by atoms with Gasteiger partial charge in [-0.05, 0) is 38.8 Å². The first-order chi connectivity index (χ1) is 10.6. The zero-order valence-electron chi connectivity index (χ0n) is 13.3. The van der Waals surface area contributed by atoms with E-state index in [1.807, 2.05) is 0 Å². The molecule has 3 heterocycles. The number of nitrogens with zero attached hydrogens (tertiary/aromatic N) is 5. The largest absolute Gasteiger partial charge is 0.351 e. The standard InChI is InChI=1S/C16H21N5S/c1-10-11(2)22-16(17-10)20(3)13-8-21(9-13)15-7-6-14(18-19-15)12-4-5-12/h6-7,12-13H,4-5,8-9H2,1-3H3. The number of anilines is 2. The van der Waals surface area contributed by atoms with E-state index in [-0.39, 0.29) is 0 Å². The fourth-order valence-electron chi connectivity index (χ4n) is 2.75. The average Bonchev–Trinajstić information content (AvgIpc) is 3.25. The van der Waals surface area contributed by atoms with Crippen molar-refractivity contribution in [3.63, 3.8) is 0 Å². The molecule has 0 radical (unpaired) electrons. The molecule has 0 spiro atoms. The summed E-state index contributed by atoms with van der Waals surface area (Å²) in [6.07, 6.45) is 2.55. The Morgan fingerprint density at radius 2 is 1.95 bits per heavy atom.